The molecule has 8 heteroatoms. The maximum Gasteiger partial charge on any atom is 0.229 e. The Morgan fingerprint density at radius 1 is 0.892 bits per heavy atom. The summed E-state index contributed by atoms with van der Waals surface area (Å²) in [6.07, 6.45) is 2.34. The van der Waals surface area contributed by atoms with Gasteiger partial charge in [-0.05, 0) is 71.6 Å². The van der Waals surface area contributed by atoms with E-state index < -0.39 is 11.6 Å². The smallest absolute Gasteiger partial charge is 0.229 e. The summed E-state index contributed by atoms with van der Waals surface area (Å²) in [7, 11) is 0. The summed E-state index contributed by atoms with van der Waals surface area (Å²) in [5.41, 5.74) is 2.45. The molecule has 0 saturated heterocycles. The highest BCUT2D eigenvalue weighted by Crippen LogP contribution is 2.34. The first-order valence-corrected chi connectivity index (χ1v) is 11.8. The van der Waals surface area contributed by atoms with Crippen molar-refractivity contribution in [3.8, 4) is 23.3 Å². The molecule has 0 aliphatic carbocycles. The molecule has 1 atom stereocenters. The molecule has 1 aromatic heterocycles. The minimum atomic E-state index is -0.720. The number of nitriles is 2. The van der Waals surface area contributed by atoms with E-state index in [9.17, 15) is 0 Å². The number of aromatic nitrogens is 2. The van der Waals surface area contributed by atoms with Crippen molar-refractivity contribution in [1.82, 2.24) is 9.97 Å². The molecular formula is C29H24F2N6. The van der Waals surface area contributed by atoms with E-state index in [0.717, 1.165) is 6.42 Å². The van der Waals surface area contributed by atoms with Crippen molar-refractivity contribution in [3.63, 3.8) is 0 Å². The van der Waals surface area contributed by atoms with E-state index in [1.807, 2.05) is 19.9 Å². The van der Waals surface area contributed by atoms with Gasteiger partial charge in [0.1, 0.15) is 11.5 Å². The molecule has 184 valence electrons. The van der Waals surface area contributed by atoms with E-state index in [1.165, 1.54) is 23.2 Å². The topological polar surface area (TPSA) is 88.6 Å². The van der Waals surface area contributed by atoms with Crippen molar-refractivity contribution in [1.29, 1.82) is 10.5 Å². The van der Waals surface area contributed by atoms with E-state index in [2.05, 4.69) is 21.4 Å². The van der Waals surface area contributed by atoms with Crippen LogP contribution < -0.4 is 10.2 Å². The third-order valence-electron chi connectivity index (χ3n) is 6.01. The molecule has 0 bridgehead atoms. The first-order valence-electron chi connectivity index (χ1n) is 11.8. The third-order valence-corrected chi connectivity index (χ3v) is 6.01. The molecule has 1 N–H and O–H groups in total. The fourth-order valence-corrected chi connectivity index (χ4v) is 3.78. The number of halogens is 2. The maximum absolute atomic E-state index is 15.5. The summed E-state index contributed by atoms with van der Waals surface area (Å²) >= 11 is 0. The van der Waals surface area contributed by atoms with Crippen LogP contribution in [0.15, 0.2) is 72.9 Å². The van der Waals surface area contributed by atoms with Crippen LogP contribution in [0.5, 0.6) is 0 Å². The van der Waals surface area contributed by atoms with Crippen LogP contribution in [0, 0.1) is 40.2 Å². The summed E-state index contributed by atoms with van der Waals surface area (Å²) < 4.78 is 31.1. The van der Waals surface area contributed by atoms with Crippen molar-refractivity contribution in [2.45, 2.75) is 20.3 Å². The molecule has 0 amide bonds. The number of hydrogen-bond donors (Lipinski definition) is 1. The summed E-state index contributed by atoms with van der Waals surface area (Å²) in [6, 6.07) is 21.6. The minimum Gasteiger partial charge on any atom is -0.324 e. The van der Waals surface area contributed by atoms with E-state index in [1.54, 1.807) is 54.6 Å². The third kappa shape index (κ3) is 5.88. The van der Waals surface area contributed by atoms with Gasteiger partial charge >= 0.3 is 0 Å². The lowest BCUT2D eigenvalue weighted by Crippen LogP contribution is -2.26. The fraction of sp³-hybridized carbons (Fsp3) is 0.172. The van der Waals surface area contributed by atoms with Gasteiger partial charge in [-0.25, -0.2) is 13.8 Å². The molecular weight excluding hydrogens is 470 g/mol. The molecule has 4 rings (SSSR count). The Balaban J connectivity index is 1.71. The molecule has 1 unspecified atom stereocenters. The number of nitrogens with one attached hydrogen (secondary N) is 1. The molecule has 0 spiro atoms. The van der Waals surface area contributed by atoms with Gasteiger partial charge in [0, 0.05) is 18.4 Å². The van der Waals surface area contributed by atoms with Gasteiger partial charge in [-0.3, -0.25) is 0 Å². The Bertz CT molecular complexity index is 1450. The average Bonchev–Trinajstić information content (AvgIpc) is 2.92. The number of hydrogen-bond acceptors (Lipinski definition) is 6. The Hall–Kier alpha value is -4.82. The molecule has 0 saturated carbocycles. The molecule has 0 fully saturated rings. The van der Waals surface area contributed by atoms with E-state index in [4.69, 9.17) is 10.5 Å². The maximum atomic E-state index is 15.5. The van der Waals surface area contributed by atoms with Crippen LogP contribution >= 0.6 is 0 Å². The summed E-state index contributed by atoms with van der Waals surface area (Å²) in [5.74, 6) is -0.714. The Morgan fingerprint density at radius 3 is 2.05 bits per heavy atom. The second kappa shape index (κ2) is 11.3. The molecule has 0 radical (unpaired) electrons. The molecule has 1 heterocycles. The normalized spacial score (nSPS) is 11.3. The van der Waals surface area contributed by atoms with Gasteiger partial charge in [0.2, 0.25) is 5.95 Å². The van der Waals surface area contributed by atoms with E-state index in [-0.39, 0.29) is 17.6 Å². The SMILES string of the molecule is CCC(C)CN(c1ccnc(Nc2ccc(C#N)cc2)n1)c1c(F)cc(-c2ccc(C#N)cc2)cc1F. The highest BCUT2D eigenvalue weighted by Gasteiger charge is 2.23. The molecule has 0 aliphatic heterocycles. The second-order valence-corrected chi connectivity index (χ2v) is 8.65. The number of benzene rings is 3. The molecule has 4 aromatic rings. The zero-order valence-corrected chi connectivity index (χ0v) is 20.4. The van der Waals surface area contributed by atoms with Gasteiger partial charge in [0.25, 0.3) is 0 Å². The standard InChI is InChI=1S/C29H24F2N6/c1-3-19(2)18-37(27-12-13-34-29(36-27)35-24-10-6-21(17-33)7-11-24)28-25(30)14-23(15-26(28)31)22-8-4-20(16-32)5-9-22/h4-15,19H,3,18H2,1-2H3,(H,34,35,36). The highest BCUT2D eigenvalue weighted by molar-refractivity contribution is 5.71. The van der Waals surface area contributed by atoms with Gasteiger partial charge in [0.15, 0.2) is 11.6 Å². The number of nitrogens with zero attached hydrogens (tertiary/aromatic N) is 5. The summed E-state index contributed by atoms with van der Waals surface area (Å²) in [6.45, 7) is 4.36. The van der Waals surface area contributed by atoms with Crippen LogP contribution in [0.25, 0.3) is 11.1 Å². The molecule has 37 heavy (non-hydrogen) atoms. The number of rotatable bonds is 8. The second-order valence-electron chi connectivity index (χ2n) is 8.65. The quantitative estimate of drug-likeness (QED) is 0.281. The van der Waals surface area contributed by atoms with E-state index in [0.29, 0.717) is 40.3 Å². The monoisotopic (exact) mass is 494 g/mol. The first-order chi connectivity index (χ1) is 17.9. The van der Waals surface area contributed by atoms with Crippen LogP contribution in [0.2, 0.25) is 0 Å². The van der Waals surface area contributed by atoms with E-state index >= 15 is 8.78 Å². The Labute approximate surface area is 214 Å². The van der Waals surface area contributed by atoms with Crippen molar-refractivity contribution in [3.05, 3.63) is 95.7 Å². The van der Waals surface area contributed by atoms with Crippen molar-refractivity contribution < 1.29 is 8.78 Å². The van der Waals surface area contributed by atoms with Gasteiger partial charge < -0.3 is 10.2 Å². The molecule has 6 nitrogen and oxygen atoms in total. The fourth-order valence-electron chi connectivity index (χ4n) is 3.78. The lowest BCUT2D eigenvalue weighted by Gasteiger charge is -2.28. The first kappa shape index (κ1) is 25.3. The van der Waals surface area contributed by atoms with Crippen molar-refractivity contribution in [2.24, 2.45) is 5.92 Å². The lowest BCUT2D eigenvalue weighted by molar-refractivity contribution is 0.540. The Morgan fingerprint density at radius 2 is 1.49 bits per heavy atom. The van der Waals surface area contributed by atoms with Crippen molar-refractivity contribution in [2.75, 3.05) is 16.8 Å². The predicted octanol–water partition coefficient (Wildman–Crippen LogP) is 7.09. The van der Waals surface area contributed by atoms with Crippen molar-refractivity contribution >= 4 is 23.1 Å². The Kier molecular flexibility index (Phi) is 7.71. The highest BCUT2D eigenvalue weighted by atomic mass is 19.1. The van der Waals surface area contributed by atoms with Gasteiger partial charge in [-0.2, -0.15) is 15.5 Å². The minimum absolute atomic E-state index is 0.127. The predicted molar refractivity (Wildman–Crippen MR) is 139 cm³/mol. The lowest BCUT2D eigenvalue weighted by atomic mass is 10.0. The molecule has 0 aliphatic rings. The zero-order chi connectivity index (χ0) is 26.4. The summed E-state index contributed by atoms with van der Waals surface area (Å²) in [4.78, 5) is 10.3. The zero-order valence-electron chi connectivity index (χ0n) is 20.4. The van der Waals surface area contributed by atoms with Crippen LogP contribution in [-0.2, 0) is 0 Å². The average molecular weight is 495 g/mol. The van der Waals surface area contributed by atoms with Gasteiger partial charge in [0.05, 0.1) is 23.3 Å². The van der Waals surface area contributed by atoms with Crippen LogP contribution in [-0.4, -0.2) is 16.5 Å². The van der Waals surface area contributed by atoms with Crippen LogP contribution in [0.1, 0.15) is 31.4 Å². The van der Waals surface area contributed by atoms with Crippen LogP contribution in [0.3, 0.4) is 0 Å². The largest absolute Gasteiger partial charge is 0.324 e. The van der Waals surface area contributed by atoms with Crippen LogP contribution in [0.4, 0.5) is 31.9 Å². The number of anilines is 4. The van der Waals surface area contributed by atoms with Gasteiger partial charge in [-0.15, -0.1) is 0 Å². The summed E-state index contributed by atoms with van der Waals surface area (Å²) in [5, 5.41) is 21.1. The molecule has 3 aromatic carbocycles. The van der Waals surface area contributed by atoms with Gasteiger partial charge in [-0.1, -0.05) is 32.4 Å².